The molecule has 1 saturated heterocycles. The van der Waals surface area contributed by atoms with Crippen molar-refractivity contribution in [1.29, 1.82) is 0 Å². The summed E-state index contributed by atoms with van der Waals surface area (Å²) in [6, 6.07) is 6.23. The van der Waals surface area contributed by atoms with E-state index in [2.05, 4.69) is 25.8 Å². The number of benzene rings is 1. The fourth-order valence-electron chi connectivity index (χ4n) is 2.84. The zero-order valence-electron chi connectivity index (χ0n) is 10.7. The molecule has 0 spiro atoms. The number of rotatable bonds is 1. The molecule has 1 atom stereocenters. The molecule has 0 bridgehead atoms. The van der Waals surface area contributed by atoms with Crippen LogP contribution in [-0.2, 0) is 5.60 Å². The first-order valence-electron chi connectivity index (χ1n) is 6.02. The predicted octanol–water partition coefficient (Wildman–Crippen LogP) is 2.38. The van der Waals surface area contributed by atoms with Crippen LogP contribution in [0.1, 0.15) is 25.8 Å². The molecule has 0 aromatic heterocycles. The zero-order chi connectivity index (χ0) is 12.7. The summed E-state index contributed by atoms with van der Waals surface area (Å²) in [6.45, 7) is 5.82. The standard InChI is InChI=1S/C14H20FNO/c1-13(2)10-16(3)9-8-14(13,17)11-4-6-12(15)7-5-11/h4-7,17H,8-10H2,1-3H3. The number of likely N-dealkylation sites (tertiary alicyclic amines) is 1. The lowest BCUT2D eigenvalue weighted by Crippen LogP contribution is -2.54. The monoisotopic (exact) mass is 237 g/mol. The first kappa shape index (κ1) is 12.5. The maximum absolute atomic E-state index is 12.9. The summed E-state index contributed by atoms with van der Waals surface area (Å²) in [5.74, 6) is -0.261. The highest BCUT2D eigenvalue weighted by molar-refractivity contribution is 5.26. The highest BCUT2D eigenvalue weighted by Gasteiger charge is 2.47. The van der Waals surface area contributed by atoms with Crippen LogP contribution in [0.2, 0.25) is 0 Å². The minimum Gasteiger partial charge on any atom is -0.385 e. The molecule has 1 aliphatic rings. The van der Waals surface area contributed by atoms with Crippen LogP contribution in [0, 0.1) is 11.2 Å². The average molecular weight is 237 g/mol. The van der Waals surface area contributed by atoms with Gasteiger partial charge in [-0.1, -0.05) is 26.0 Å². The SMILES string of the molecule is CN1CCC(O)(c2ccc(F)cc2)C(C)(C)C1. The summed E-state index contributed by atoms with van der Waals surface area (Å²) < 4.78 is 12.9. The van der Waals surface area contributed by atoms with Gasteiger partial charge in [0.1, 0.15) is 5.82 Å². The Kier molecular flexibility index (Phi) is 3.00. The molecule has 1 unspecified atom stereocenters. The maximum atomic E-state index is 12.9. The first-order chi connectivity index (χ1) is 7.85. The minimum absolute atomic E-state index is 0.238. The van der Waals surface area contributed by atoms with Crippen LogP contribution in [0.3, 0.4) is 0 Å². The van der Waals surface area contributed by atoms with Gasteiger partial charge in [-0.15, -0.1) is 0 Å². The van der Waals surface area contributed by atoms with Crippen LogP contribution >= 0.6 is 0 Å². The van der Waals surface area contributed by atoms with Crippen molar-refractivity contribution in [2.75, 3.05) is 20.1 Å². The zero-order valence-corrected chi connectivity index (χ0v) is 10.7. The largest absolute Gasteiger partial charge is 0.385 e. The number of halogens is 1. The molecule has 1 aromatic rings. The molecule has 2 nitrogen and oxygen atoms in total. The topological polar surface area (TPSA) is 23.5 Å². The van der Waals surface area contributed by atoms with Gasteiger partial charge in [-0.2, -0.15) is 0 Å². The van der Waals surface area contributed by atoms with E-state index in [0.29, 0.717) is 6.42 Å². The van der Waals surface area contributed by atoms with Crippen molar-refractivity contribution < 1.29 is 9.50 Å². The van der Waals surface area contributed by atoms with Crippen molar-refractivity contribution in [2.24, 2.45) is 5.41 Å². The Morgan fingerprint density at radius 1 is 1.24 bits per heavy atom. The molecule has 1 aliphatic heterocycles. The quantitative estimate of drug-likeness (QED) is 0.810. The van der Waals surface area contributed by atoms with E-state index in [1.807, 2.05) is 0 Å². The number of piperidine rings is 1. The molecular weight excluding hydrogens is 217 g/mol. The van der Waals surface area contributed by atoms with E-state index in [4.69, 9.17) is 0 Å². The molecule has 1 heterocycles. The third kappa shape index (κ3) is 2.09. The second-order valence-corrected chi connectivity index (χ2v) is 5.74. The fraction of sp³-hybridized carbons (Fsp3) is 0.571. The third-order valence-electron chi connectivity index (χ3n) is 3.96. The van der Waals surface area contributed by atoms with E-state index in [0.717, 1.165) is 18.7 Å². The number of aliphatic hydroxyl groups is 1. The molecule has 0 radical (unpaired) electrons. The van der Waals surface area contributed by atoms with Gasteiger partial charge < -0.3 is 10.0 Å². The molecule has 1 aromatic carbocycles. The molecule has 94 valence electrons. The lowest BCUT2D eigenvalue weighted by Gasteiger charge is -2.49. The summed E-state index contributed by atoms with van der Waals surface area (Å²) >= 11 is 0. The molecule has 0 aliphatic carbocycles. The molecule has 0 amide bonds. The van der Waals surface area contributed by atoms with Gasteiger partial charge >= 0.3 is 0 Å². The van der Waals surface area contributed by atoms with Crippen molar-refractivity contribution >= 4 is 0 Å². The van der Waals surface area contributed by atoms with Crippen molar-refractivity contribution in [3.63, 3.8) is 0 Å². The van der Waals surface area contributed by atoms with Crippen molar-refractivity contribution in [2.45, 2.75) is 25.9 Å². The third-order valence-corrected chi connectivity index (χ3v) is 3.96. The van der Waals surface area contributed by atoms with Crippen molar-refractivity contribution in [1.82, 2.24) is 4.90 Å². The summed E-state index contributed by atoms with van der Waals surface area (Å²) in [6.07, 6.45) is 0.683. The van der Waals surface area contributed by atoms with E-state index < -0.39 is 5.60 Å². The minimum atomic E-state index is -0.868. The lowest BCUT2D eigenvalue weighted by molar-refractivity contribution is -0.121. The Morgan fingerprint density at radius 2 is 1.82 bits per heavy atom. The van der Waals surface area contributed by atoms with Gasteiger partial charge in [0.05, 0.1) is 5.60 Å². The molecule has 3 heteroatoms. The van der Waals surface area contributed by atoms with Crippen LogP contribution in [0.15, 0.2) is 24.3 Å². The van der Waals surface area contributed by atoms with Gasteiger partial charge in [0.25, 0.3) is 0 Å². The molecule has 1 fully saturated rings. The predicted molar refractivity (Wildman–Crippen MR) is 66.2 cm³/mol. The van der Waals surface area contributed by atoms with Crippen LogP contribution in [0.4, 0.5) is 4.39 Å². The maximum Gasteiger partial charge on any atom is 0.123 e. The van der Waals surface area contributed by atoms with E-state index in [1.54, 1.807) is 12.1 Å². The molecular formula is C14H20FNO. The second kappa shape index (κ2) is 4.07. The Balaban J connectivity index is 2.37. The van der Waals surface area contributed by atoms with E-state index >= 15 is 0 Å². The Labute approximate surface area is 102 Å². The Hall–Kier alpha value is -0.930. The fourth-order valence-corrected chi connectivity index (χ4v) is 2.84. The molecule has 1 N–H and O–H groups in total. The van der Waals surface area contributed by atoms with Gasteiger partial charge in [-0.05, 0) is 31.2 Å². The Bertz CT molecular complexity index is 401. The second-order valence-electron chi connectivity index (χ2n) is 5.74. The highest BCUT2D eigenvalue weighted by atomic mass is 19.1. The average Bonchev–Trinajstić information content (AvgIpc) is 2.24. The summed E-state index contributed by atoms with van der Waals surface area (Å²) in [5, 5.41) is 10.9. The number of hydrogen-bond acceptors (Lipinski definition) is 2. The normalized spacial score (nSPS) is 29.2. The van der Waals surface area contributed by atoms with Crippen LogP contribution < -0.4 is 0 Å². The number of hydrogen-bond donors (Lipinski definition) is 1. The summed E-state index contributed by atoms with van der Waals surface area (Å²) in [7, 11) is 2.06. The van der Waals surface area contributed by atoms with Gasteiger partial charge in [-0.25, -0.2) is 4.39 Å². The van der Waals surface area contributed by atoms with Crippen molar-refractivity contribution in [3.8, 4) is 0 Å². The number of nitrogens with zero attached hydrogens (tertiary/aromatic N) is 1. The van der Waals surface area contributed by atoms with E-state index in [1.165, 1.54) is 12.1 Å². The van der Waals surface area contributed by atoms with Crippen LogP contribution in [0.5, 0.6) is 0 Å². The molecule has 17 heavy (non-hydrogen) atoms. The van der Waals surface area contributed by atoms with Gasteiger partial charge in [0.2, 0.25) is 0 Å². The van der Waals surface area contributed by atoms with Crippen LogP contribution in [0.25, 0.3) is 0 Å². The summed E-state index contributed by atoms with van der Waals surface area (Å²) in [4.78, 5) is 2.22. The lowest BCUT2D eigenvalue weighted by atomic mass is 9.66. The molecule has 2 rings (SSSR count). The van der Waals surface area contributed by atoms with E-state index in [-0.39, 0.29) is 11.2 Å². The van der Waals surface area contributed by atoms with Gasteiger partial charge in [-0.3, -0.25) is 0 Å². The van der Waals surface area contributed by atoms with Gasteiger partial charge in [0.15, 0.2) is 0 Å². The summed E-state index contributed by atoms with van der Waals surface area (Å²) in [5.41, 5.74) is -0.289. The highest BCUT2D eigenvalue weighted by Crippen LogP contribution is 2.45. The Morgan fingerprint density at radius 3 is 2.35 bits per heavy atom. The smallest absolute Gasteiger partial charge is 0.123 e. The van der Waals surface area contributed by atoms with Crippen LogP contribution in [-0.4, -0.2) is 30.1 Å². The van der Waals surface area contributed by atoms with E-state index in [9.17, 15) is 9.50 Å². The first-order valence-corrected chi connectivity index (χ1v) is 6.02. The van der Waals surface area contributed by atoms with Gasteiger partial charge in [0, 0.05) is 18.5 Å². The van der Waals surface area contributed by atoms with Crippen molar-refractivity contribution in [3.05, 3.63) is 35.6 Å². The molecule has 0 saturated carbocycles.